The number of rotatable bonds is 3. The van der Waals surface area contributed by atoms with Gasteiger partial charge in [-0.1, -0.05) is 0 Å². The molecule has 0 radical (unpaired) electrons. The molecule has 0 N–H and O–H groups in total. The van der Waals surface area contributed by atoms with Crippen LogP contribution in [0.15, 0.2) is 53.1 Å². The van der Waals surface area contributed by atoms with Gasteiger partial charge in [-0.15, -0.1) is 0 Å². The summed E-state index contributed by atoms with van der Waals surface area (Å²) in [6.07, 6.45) is 0. The summed E-state index contributed by atoms with van der Waals surface area (Å²) in [5.74, 6) is 0.456. The van der Waals surface area contributed by atoms with Crippen LogP contribution in [0.5, 0.6) is 0 Å². The number of benzene rings is 2. The fourth-order valence-electron chi connectivity index (χ4n) is 3.99. The predicted octanol–water partition coefficient (Wildman–Crippen LogP) is 0.321. The van der Waals surface area contributed by atoms with Gasteiger partial charge in [-0.25, -0.2) is 0 Å². The van der Waals surface area contributed by atoms with Crippen molar-refractivity contribution >= 4 is 16.3 Å². The average molecular weight is 424 g/mol. The topological polar surface area (TPSA) is 9.23 Å². The molecule has 1 atom stereocenters. The van der Waals surface area contributed by atoms with Crippen LogP contribution in [-0.4, -0.2) is 0 Å². The van der Waals surface area contributed by atoms with Gasteiger partial charge in [-0.2, -0.15) is 0 Å². The maximum Gasteiger partial charge on any atom is -1.00 e. The van der Waals surface area contributed by atoms with Crippen molar-refractivity contribution < 1.29 is 49.0 Å². The Morgan fingerprint density at radius 3 is 2.08 bits per heavy atom. The van der Waals surface area contributed by atoms with Crippen molar-refractivity contribution in [2.75, 3.05) is 0 Å². The predicted molar refractivity (Wildman–Crippen MR) is 98.2 cm³/mol. The first-order valence-corrected chi connectivity index (χ1v) is 9.19. The summed E-state index contributed by atoms with van der Waals surface area (Å²) in [6, 6.07) is 13.2. The number of fused-ring (bicyclic) bond motifs is 1. The summed E-state index contributed by atoms with van der Waals surface area (Å²) in [4.78, 5) is 0. The summed E-state index contributed by atoms with van der Waals surface area (Å²) in [7, 11) is 0. The van der Waals surface area contributed by atoms with Crippen LogP contribution in [0.1, 0.15) is 52.7 Å². The van der Waals surface area contributed by atoms with Crippen LogP contribution < -0.4 is 24.8 Å². The van der Waals surface area contributed by atoms with Gasteiger partial charge in [0, 0.05) is 0 Å². The van der Waals surface area contributed by atoms with Crippen molar-refractivity contribution in [3.05, 3.63) is 64.2 Å². The Hall–Kier alpha value is -0.566. The van der Waals surface area contributed by atoms with Crippen LogP contribution in [0.3, 0.4) is 0 Å². The maximum atomic E-state index is 5.92. The average Bonchev–Trinajstić information content (AvgIpc) is 2.77. The molecule has 0 aliphatic heterocycles. The van der Waals surface area contributed by atoms with Gasteiger partial charge in [-0.05, 0) is 0 Å². The SMILES string of the molecule is CC1=C(C)C(C)C(c2ccc3ccccc3c2C(C)(C)[O][Ti+2])=C1C.[Cl-].[Cl-]. The molecule has 0 aromatic heterocycles. The Balaban J connectivity index is 0.00000169. The monoisotopic (exact) mass is 423 g/mol. The smallest absolute Gasteiger partial charge is 1.00 e. The maximum absolute atomic E-state index is 5.92. The van der Waals surface area contributed by atoms with Crippen LogP contribution in [0.25, 0.3) is 16.3 Å². The second kappa shape index (κ2) is 8.63. The van der Waals surface area contributed by atoms with E-state index in [9.17, 15) is 0 Å². The normalized spacial score (nSPS) is 17.5. The van der Waals surface area contributed by atoms with Gasteiger partial charge in [0.25, 0.3) is 0 Å². The molecule has 0 fully saturated rings. The first-order valence-electron chi connectivity index (χ1n) is 8.55. The van der Waals surface area contributed by atoms with Gasteiger partial charge < -0.3 is 24.8 Å². The van der Waals surface area contributed by atoms with E-state index >= 15 is 0 Å². The van der Waals surface area contributed by atoms with Crippen LogP contribution in [-0.2, 0) is 29.7 Å². The Kier molecular flexibility index (Phi) is 7.79. The zero-order chi connectivity index (χ0) is 17.6. The zero-order valence-corrected chi connectivity index (χ0v) is 19.3. The molecule has 0 saturated heterocycles. The van der Waals surface area contributed by atoms with Gasteiger partial charge >= 0.3 is 158 Å². The van der Waals surface area contributed by atoms with Crippen LogP contribution in [0.2, 0.25) is 0 Å². The third kappa shape index (κ3) is 3.70. The first-order chi connectivity index (χ1) is 11.3. The van der Waals surface area contributed by atoms with E-state index in [2.05, 4.69) is 77.9 Å². The first kappa shape index (κ1) is 23.5. The number of allylic oxidation sites excluding steroid dienone is 4. The van der Waals surface area contributed by atoms with Gasteiger partial charge in [0.05, 0.1) is 0 Å². The van der Waals surface area contributed by atoms with E-state index in [0.717, 1.165) is 0 Å². The zero-order valence-electron chi connectivity index (χ0n) is 16.2. The molecule has 0 bridgehead atoms. The third-order valence-corrected chi connectivity index (χ3v) is 6.51. The van der Waals surface area contributed by atoms with E-state index in [1.165, 1.54) is 44.2 Å². The van der Waals surface area contributed by atoms with Gasteiger partial charge in [0.15, 0.2) is 0 Å². The molecule has 4 heteroatoms. The minimum Gasteiger partial charge on any atom is -1.00 e. The standard InChI is InChI=1S/C22H25O.2ClH.Ti/c1-13-14(2)16(4)20(15(13)3)19-12-11-17-9-7-8-10-18(17)21(19)22(5,6)23;;;/h7-12,15H,1-6H3;2*1H;/q-1;;;+3/p-2. The van der Waals surface area contributed by atoms with Crippen molar-refractivity contribution in [2.24, 2.45) is 5.92 Å². The summed E-state index contributed by atoms with van der Waals surface area (Å²) < 4.78 is 5.92. The Morgan fingerprint density at radius 1 is 0.923 bits per heavy atom. The Bertz CT molecular complexity index is 881. The number of hydrogen-bond donors (Lipinski definition) is 0. The van der Waals surface area contributed by atoms with Crippen molar-refractivity contribution in [3.63, 3.8) is 0 Å². The Morgan fingerprint density at radius 2 is 1.54 bits per heavy atom. The van der Waals surface area contributed by atoms with Crippen LogP contribution in [0.4, 0.5) is 0 Å². The molecular weight excluding hydrogens is 399 g/mol. The molecule has 0 saturated carbocycles. The summed E-state index contributed by atoms with van der Waals surface area (Å²) in [5, 5.41) is 2.56. The molecule has 0 amide bonds. The summed E-state index contributed by atoms with van der Waals surface area (Å²) >= 11 is 1.81. The van der Waals surface area contributed by atoms with Gasteiger partial charge in [0.1, 0.15) is 0 Å². The molecule has 1 nitrogen and oxygen atoms in total. The number of halogens is 2. The third-order valence-electron chi connectivity index (χ3n) is 5.72. The van der Waals surface area contributed by atoms with E-state index in [-0.39, 0.29) is 30.4 Å². The molecule has 2 aromatic carbocycles. The van der Waals surface area contributed by atoms with Gasteiger partial charge in [0.2, 0.25) is 0 Å². The molecule has 1 aliphatic rings. The molecule has 137 valence electrons. The Labute approximate surface area is 182 Å². The summed E-state index contributed by atoms with van der Waals surface area (Å²) in [6.45, 7) is 13.4. The second-order valence-electron chi connectivity index (χ2n) is 7.39. The number of hydrogen-bond acceptors (Lipinski definition) is 1. The molecule has 2 aromatic rings. The van der Waals surface area contributed by atoms with E-state index < -0.39 is 0 Å². The van der Waals surface area contributed by atoms with Crippen molar-refractivity contribution in [1.82, 2.24) is 0 Å². The van der Waals surface area contributed by atoms with E-state index in [1.54, 1.807) is 20.8 Å². The molecule has 1 unspecified atom stereocenters. The minimum absolute atomic E-state index is 0. The van der Waals surface area contributed by atoms with Crippen molar-refractivity contribution in [3.8, 4) is 0 Å². The van der Waals surface area contributed by atoms with E-state index in [1.807, 2.05) is 0 Å². The van der Waals surface area contributed by atoms with Crippen molar-refractivity contribution in [1.29, 1.82) is 0 Å². The fourth-order valence-corrected chi connectivity index (χ4v) is 4.15. The summed E-state index contributed by atoms with van der Waals surface area (Å²) in [5.41, 5.74) is 8.09. The van der Waals surface area contributed by atoms with E-state index in [4.69, 9.17) is 3.32 Å². The molecule has 0 heterocycles. The molecule has 3 rings (SSSR count). The minimum atomic E-state index is -0.340. The van der Waals surface area contributed by atoms with Crippen LogP contribution in [0, 0.1) is 5.92 Å². The molecule has 0 spiro atoms. The fraction of sp³-hybridized carbons (Fsp3) is 0.364. The molecular formula is C22H25Cl2OTi. The quantitative estimate of drug-likeness (QED) is 0.646. The van der Waals surface area contributed by atoms with Gasteiger partial charge in [-0.3, -0.25) is 0 Å². The molecule has 1 aliphatic carbocycles. The second-order valence-corrected chi connectivity index (χ2v) is 7.71. The largest absolute Gasteiger partial charge is 1.00 e. The van der Waals surface area contributed by atoms with E-state index in [0.29, 0.717) is 5.92 Å². The molecule has 26 heavy (non-hydrogen) atoms. The van der Waals surface area contributed by atoms with Crippen LogP contribution >= 0.6 is 0 Å². The van der Waals surface area contributed by atoms with Crippen molar-refractivity contribution in [2.45, 2.75) is 47.1 Å².